The maximum atomic E-state index is 11.1. The zero-order valence-electron chi connectivity index (χ0n) is 9.09. The number of halogens is 1. The molecular formula is C11H8INO5. The molecule has 94 valence electrons. The number of hydrogen-bond acceptors (Lipinski definition) is 5. The van der Waals surface area contributed by atoms with Crippen LogP contribution in [0.2, 0.25) is 0 Å². The van der Waals surface area contributed by atoms with Gasteiger partial charge in [-0.05, 0) is 9.49 Å². The van der Waals surface area contributed by atoms with Crippen molar-refractivity contribution in [2.75, 3.05) is 6.61 Å². The molecule has 0 amide bonds. The van der Waals surface area contributed by atoms with E-state index in [1.807, 2.05) is 22.6 Å². The zero-order valence-corrected chi connectivity index (χ0v) is 11.2. The molecule has 0 heterocycles. The van der Waals surface area contributed by atoms with Crippen LogP contribution in [0.3, 0.4) is 0 Å². The van der Waals surface area contributed by atoms with Gasteiger partial charge in [0.2, 0.25) is 0 Å². The molecule has 0 aromatic heterocycles. The predicted molar refractivity (Wildman–Crippen MR) is 71.0 cm³/mol. The molecule has 0 aliphatic carbocycles. The van der Waals surface area contributed by atoms with E-state index in [1.54, 1.807) is 6.07 Å². The Morgan fingerprint density at radius 2 is 2.22 bits per heavy atom. The van der Waals surface area contributed by atoms with E-state index in [9.17, 15) is 14.9 Å². The van der Waals surface area contributed by atoms with Crippen molar-refractivity contribution in [2.24, 2.45) is 0 Å². The molecule has 1 aromatic rings. The first-order valence-corrected chi connectivity index (χ1v) is 5.82. The Bertz CT molecular complexity index is 506. The maximum absolute atomic E-state index is 11.1. The van der Waals surface area contributed by atoms with Gasteiger partial charge in [0.15, 0.2) is 6.61 Å². The van der Waals surface area contributed by atoms with E-state index in [-0.39, 0.29) is 18.9 Å². The Morgan fingerprint density at radius 3 is 2.89 bits per heavy atom. The summed E-state index contributed by atoms with van der Waals surface area (Å²) in [5.41, 5.74) is 0.460. The molecular weight excluding hydrogens is 353 g/mol. The van der Waals surface area contributed by atoms with E-state index in [1.165, 1.54) is 18.2 Å². The molecule has 0 aliphatic rings. The smallest absolute Gasteiger partial charge is 0.429 e. The maximum Gasteiger partial charge on any atom is 0.509 e. The first-order valence-electron chi connectivity index (χ1n) is 4.75. The predicted octanol–water partition coefficient (Wildman–Crippen LogP) is 2.64. The van der Waals surface area contributed by atoms with E-state index in [2.05, 4.69) is 14.6 Å². The van der Waals surface area contributed by atoms with Crippen molar-refractivity contribution >= 4 is 34.4 Å². The molecule has 0 atom stereocenters. The topological polar surface area (TPSA) is 78.7 Å². The molecule has 18 heavy (non-hydrogen) atoms. The molecule has 1 rings (SSSR count). The van der Waals surface area contributed by atoms with Crippen LogP contribution in [0.25, 0.3) is 0 Å². The van der Waals surface area contributed by atoms with E-state index in [0.29, 0.717) is 5.56 Å². The van der Waals surface area contributed by atoms with Crippen LogP contribution < -0.4 is 0 Å². The Balaban J connectivity index is 2.47. The fourth-order valence-electron chi connectivity index (χ4n) is 1.07. The Kier molecular flexibility index (Phi) is 5.93. The van der Waals surface area contributed by atoms with E-state index in [0.717, 1.165) is 0 Å². The van der Waals surface area contributed by atoms with Crippen molar-refractivity contribution in [3.8, 4) is 9.85 Å². The highest BCUT2D eigenvalue weighted by atomic mass is 127. The summed E-state index contributed by atoms with van der Waals surface area (Å²) < 4.78 is 11.9. The minimum Gasteiger partial charge on any atom is -0.429 e. The van der Waals surface area contributed by atoms with Crippen LogP contribution in [0.5, 0.6) is 0 Å². The average Bonchev–Trinajstić information content (AvgIpc) is 2.37. The molecule has 0 saturated heterocycles. The van der Waals surface area contributed by atoms with Gasteiger partial charge in [0.1, 0.15) is 6.61 Å². The van der Waals surface area contributed by atoms with Gasteiger partial charge in [-0.1, -0.05) is 18.1 Å². The fourth-order valence-corrected chi connectivity index (χ4v) is 1.22. The Labute approximate surface area is 117 Å². The van der Waals surface area contributed by atoms with Crippen molar-refractivity contribution < 1.29 is 19.2 Å². The van der Waals surface area contributed by atoms with Gasteiger partial charge in [-0.25, -0.2) is 4.79 Å². The number of nitro groups is 1. The molecule has 0 radical (unpaired) electrons. The molecule has 6 nitrogen and oxygen atoms in total. The van der Waals surface area contributed by atoms with E-state index in [4.69, 9.17) is 4.74 Å². The summed E-state index contributed by atoms with van der Waals surface area (Å²) in [4.78, 5) is 21.1. The van der Waals surface area contributed by atoms with Crippen LogP contribution >= 0.6 is 22.6 Å². The average molecular weight is 361 g/mol. The highest BCUT2D eigenvalue weighted by Crippen LogP contribution is 2.13. The van der Waals surface area contributed by atoms with Gasteiger partial charge in [0.25, 0.3) is 5.69 Å². The summed E-state index contributed by atoms with van der Waals surface area (Å²) in [6, 6.07) is 5.82. The standard InChI is InChI=1S/C11H8INO5/c12-5-2-6-17-11(14)18-8-9-3-1-4-10(7-9)13(15)16/h1,3-4,7H,6,8H2. The van der Waals surface area contributed by atoms with Gasteiger partial charge in [-0.15, -0.1) is 0 Å². The number of rotatable bonds is 4. The minimum atomic E-state index is -0.861. The van der Waals surface area contributed by atoms with Crippen LogP contribution in [0.1, 0.15) is 5.56 Å². The number of nitrogens with zero attached hydrogens (tertiary/aromatic N) is 1. The van der Waals surface area contributed by atoms with Crippen molar-refractivity contribution in [1.29, 1.82) is 0 Å². The summed E-state index contributed by atoms with van der Waals surface area (Å²) in [5.74, 6) is 2.53. The molecule has 0 bridgehead atoms. The lowest BCUT2D eigenvalue weighted by Crippen LogP contribution is -2.07. The number of benzene rings is 1. The largest absolute Gasteiger partial charge is 0.509 e. The van der Waals surface area contributed by atoms with Crippen LogP contribution in [0.15, 0.2) is 24.3 Å². The fraction of sp³-hybridized carbons (Fsp3) is 0.182. The summed E-state index contributed by atoms with van der Waals surface area (Å²) in [6.07, 6.45) is -0.861. The highest BCUT2D eigenvalue weighted by molar-refractivity contribution is 14.1. The number of non-ortho nitro benzene ring substituents is 1. The van der Waals surface area contributed by atoms with Gasteiger partial charge < -0.3 is 9.47 Å². The van der Waals surface area contributed by atoms with Gasteiger partial charge in [0.05, 0.1) is 4.92 Å². The van der Waals surface area contributed by atoms with E-state index >= 15 is 0 Å². The summed E-state index contributed by atoms with van der Waals surface area (Å²) in [6.45, 7) is -0.130. The molecule has 0 N–H and O–H groups in total. The molecule has 0 unspecified atom stereocenters. The van der Waals surface area contributed by atoms with Crippen molar-refractivity contribution in [3.05, 3.63) is 39.9 Å². The van der Waals surface area contributed by atoms with Crippen LogP contribution in [-0.2, 0) is 16.1 Å². The lowest BCUT2D eigenvalue weighted by atomic mass is 10.2. The lowest BCUT2D eigenvalue weighted by molar-refractivity contribution is -0.384. The van der Waals surface area contributed by atoms with Gasteiger partial charge >= 0.3 is 6.16 Å². The second-order valence-electron chi connectivity index (χ2n) is 3.03. The Morgan fingerprint density at radius 1 is 1.44 bits per heavy atom. The molecule has 7 heteroatoms. The van der Waals surface area contributed by atoms with Crippen LogP contribution in [0.4, 0.5) is 10.5 Å². The van der Waals surface area contributed by atoms with E-state index < -0.39 is 11.1 Å². The monoisotopic (exact) mass is 361 g/mol. The molecule has 0 spiro atoms. The molecule has 0 fully saturated rings. The second kappa shape index (κ2) is 7.50. The molecule has 0 aliphatic heterocycles. The highest BCUT2D eigenvalue weighted by Gasteiger charge is 2.08. The number of hydrogen-bond donors (Lipinski definition) is 0. The molecule has 1 aromatic carbocycles. The lowest BCUT2D eigenvalue weighted by Gasteiger charge is -2.03. The number of carbonyl (C=O) groups is 1. The normalized spacial score (nSPS) is 8.94. The third-order valence-electron chi connectivity index (χ3n) is 1.81. The van der Waals surface area contributed by atoms with Crippen LogP contribution in [-0.4, -0.2) is 17.7 Å². The summed E-state index contributed by atoms with van der Waals surface area (Å²) >= 11 is 1.82. The van der Waals surface area contributed by atoms with Gasteiger partial charge in [-0.3, -0.25) is 10.1 Å². The zero-order chi connectivity index (χ0) is 13.4. The first-order chi connectivity index (χ1) is 8.63. The third kappa shape index (κ3) is 5.01. The Hall–Kier alpha value is -1.82. The van der Waals surface area contributed by atoms with Gasteiger partial charge in [-0.2, -0.15) is 0 Å². The van der Waals surface area contributed by atoms with Crippen molar-refractivity contribution in [3.63, 3.8) is 0 Å². The first kappa shape index (κ1) is 14.2. The number of nitro benzene ring substituents is 1. The second-order valence-corrected chi connectivity index (χ2v) is 3.57. The third-order valence-corrected chi connectivity index (χ3v) is 2.19. The minimum absolute atomic E-state index is 0.0449. The molecule has 0 saturated carbocycles. The van der Waals surface area contributed by atoms with Crippen molar-refractivity contribution in [1.82, 2.24) is 0 Å². The summed E-state index contributed by atoms with van der Waals surface area (Å²) in [5, 5.41) is 10.5. The van der Waals surface area contributed by atoms with Gasteiger partial charge in [0, 0.05) is 34.7 Å². The summed E-state index contributed by atoms with van der Waals surface area (Å²) in [7, 11) is 0. The SMILES string of the molecule is O=C(OCC#CI)OCc1cccc([N+](=O)[O-])c1. The van der Waals surface area contributed by atoms with Crippen LogP contribution in [0, 0.1) is 20.0 Å². The quantitative estimate of drug-likeness (QED) is 0.271. The number of ether oxygens (including phenoxy) is 2. The number of carbonyl (C=O) groups excluding carboxylic acids is 1. The van der Waals surface area contributed by atoms with Crippen molar-refractivity contribution in [2.45, 2.75) is 6.61 Å².